The van der Waals surface area contributed by atoms with Crippen molar-refractivity contribution in [3.05, 3.63) is 23.9 Å². The van der Waals surface area contributed by atoms with Gasteiger partial charge in [0.2, 0.25) is 0 Å². The Bertz CT molecular complexity index is 387. The van der Waals surface area contributed by atoms with Crippen LogP contribution in [-0.2, 0) is 4.79 Å². The van der Waals surface area contributed by atoms with Gasteiger partial charge < -0.3 is 10.0 Å². The lowest BCUT2D eigenvalue weighted by atomic mass is 10.0. The number of pyridine rings is 1. The van der Waals surface area contributed by atoms with E-state index in [0.29, 0.717) is 12.3 Å². The zero-order chi connectivity index (χ0) is 11.7. The zero-order valence-electron chi connectivity index (χ0n) is 9.55. The van der Waals surface area contributed by atoms with E-state index in [1.54, 1.807) is 0 Å². The molecule has 16 heavy (non-hydrogen) atoms. The number of nitrogens with zero attached hydrogens (tertiary/aromatic N) is 2. The van der Waals surface area contributed by atoms with Gasteiger partial charge in [0.15, 0.2) is 0 Å². The number of hydrogen-bond acceptors (Lipinski definition) is 3. The lowest BCUT2D eigenvalue weighted by Crippen LogP contribution is -2.52. The van der Waals surface area contributed by atoms with Gasteiger partial charge in [-0.2, -0.15) is 0 Å². The first-order valence-corrected chi connectivity index (χ1v) is 5.55. The Labute approximate surface area is 94.9 Å². The van der Waals surface area contributed by atoms with Crippen LogP contribution in [0.3, 0.4) is 0 Å². The SMILES string of the molecule is CC(C)c1ccc(N2CCC2C(=O)O)nc1. The molecule has 1 aromatic rings. The predicted molar refractivity (Wildman–Crippen MR) is 61.7 cm³/mol. The molecule has 1 unspecified atom stereocenters. The first kappa shape index (κ1) is 10.9. The molecular formula is C12H16N2O2. The quantitative estimate of drug-likeness (QED) is 0.844. The highest BCUT2D eigenvalue weighted by molar-refractivity contribution is 5.79. The molecule has 86 valence electrons. The number of rotatable bonds is 3. The van der Waals surface area contributed by atoms with Crippen molar-refractivity contribution in [1.29, 1.82) is 0 Å². The van der Waals surface area contributed by atoms with Gasteiger partial charge in [0.1, 0.15) is 11.9 Å². The van der Waals surface area contributed by atoms with Gasteiger partial charge in [-0.15, -0.1) is 0 Å². The lowest BCUT2D eigenvalue weighted by Gasteiger charge is -2.38. The predicted octanol–water partition coefficient (Wildman–Crippen LogP) is 1.87. The monoisotopic (exact) mass is 220 g/mol. The average molecular weight is 220 g/mol. The molecule has 1 aliphatic heterocycles. The molecule has 1 fully saturated rings. The summed E-state index contributed by atoms with van der Waals surface area (Å²) < 4.78 is 0. The van der Waals surface area contributed by atoms with Crippen LogP contribution in [0.2, 0.25) is 0 Å². The topological polar surface area (TPSA) is 53.4 Å². The summed E-state index contributed by atoms with van der Waals surface area (Å²) in [7, 11) is 0. The minimum atomic E-state index is -0.763. The summed E-state index contributed by atoms with van der Waals surface area (Å²) in [5, 5.41) is 8.94. The van der Waals surface area contributed by atoms with Crippen LogP contribution >= 0.6 is 0 Å². The highest BCUT2D eigenvalue weighted by atomic mass is 16.4. The van der Waals surface area contributed by atoms with E-state index < -0.39 is 12.0 Å². The zero-order valence-corrected chi connectivity index (χ0v) is 9.55. The largest absolute Gasteiger partial charge is 0.480 e. The van der Waals surface area contributed by atoms with Crippen molar-refractivity contribution >= 4 is 11.8 Å². The summed E-state index contributed by atoms with van der Waals surface area (Å²) in [6, 6.07) is 3.53. The van der Waals surface area contributed by atoms with Gasteiger partial charge in [-0.1, -0.05) is 19.9 Å². The Hall–Kier alpha value is -1.58. The Morgan fingerprint density at radius 3 is 2.69 bits per heavy atom. The standard InChI is InChI=1S/C12H16N2O2/c1-8(2)9-3-4-11(13-7-9)14-6-5-10(14)12(15)16/h3-4,7-8,10H,5-6H2,1-2H3,(H,15,16). The number of carboxylic acids is 1. The summed E-state index contributed by atoms with van der Waals surface area (Å²) >= 11 is 0. The van der Waals surface area contributed by atoms with Gasteiger partial charge >= 0.3 is 5.97 Å². The maximum atomic E-state index is 10.9. The van der Waals surface area contributed by atoms with Crippen LogP contribution in [0, 0.1) is 0 Å². The van der Waals surface area contributed by atoms with Crippen molar-refractivity contribution in [2.24, 2.45) is 0 Å². The van der Waals surface area contributed by atoms with Crippen LogP contribution in [0.5, 0.6) is 0 Å². The maximum absolute atomic E-state index is 10.9. The van der Waals surface area contributed by atoms with Crippen LogP contribution in [0.25, 0.3) is 0 Å². The summed E-state index contributed by atoms with van der Waals surface area (Å²) in [6.07, 6.45) is 2.54. The maximum Gasteiger partial charge on any atom is 0.326 e. The number of hydrogen-bond donors (Lipinski definition) is 1. The number of aromatic nitrogens is 1. The Kier molecular flexibility index (Phi) is 2.81. The highest BCUT2D eigenvalue weighted by Crippen LogP contribution is 2.25. The van der Waals surface area contributed by atoms with Crippen molar-refractivity contribution in [2.75, 3.05) is 11.4 Å². The number of anilines is 1. The normalized spacial score (nSPS) is 19.7. The first-order chi connectivity index (χ1) is 7.59. The Balaban J connectivity index is 2.13. The molecule has 1 atom stereocenters. The van der Waals surface area contributed by atoms with Gasteiger partial charge in [0.05, 0.1) is 0 Å². The molecule has 1 saturated heterocycles. The Morgan fingerprint density at radius 1 is 1.56 bits per heavy atom. The number of carboxylic acid groups (broad SMARTS) is 1. The second-order valence-corrected chi connectivity index (χ2v) is 4.44. The molecule has 1 N–H and O–H groups in total. The second-order valence-electron chi connectivity index (χ2n) is 4.44. The molecule has 1 aromatic heterocycles. The van der Waals surface area contributed by atoms with Crippen molar-refractivity contribution in [2.45, 2.75) is 32.2 Å². The minimum Gasteiger partial charge on any atom is -0.480 e. The third-order valence-electron chi connectivity index (χ3n) is 3.04. The van der Waals surface area contributed by atoms with E-state index in [2.05, 4.69) is 18.8 Å². The van der Waals surface area contributed by atoms with Gasteiger partial charge in [0, 0.05) is 12.7 Å². The van der Waals surface area contributed by atoms with Crippen LogP contribution < -0.4 is 4.90 Å². The van der Waals surface area contributed by atoms with E-state index in [1.165, 1.54) is 5.56 Å². The third-order valence-corrected chi connectivity index (χ3v) is 3.04. The first-order valence-electron chi connectivity index (χ1n) is 5.55. The molecule has 0 bridgehead atoms. The molecule has 0 radical (unpaired) electrons. The molecule has 1 aliphatic rings. The molecule has 4 heteroatoms. The molecule has 0 aromatic carbocycles. The van der Waals surface area contributed by atoms with E-state index in [-0.39, 0.29) is 0 Å². The van der Waals surface area contributed by atoms with Gasteiger partial charge in [-0.05, 0) is 24.0 Å². The molecule has 0 aliphatic carbocycles. The molecule has 0 saturated carbocycles. The minimum absolute atomic E-state index is 0.391. The number of aliphatic carboxylic acids is 1. The second kappa shape index (κ2) is 4.12. The molecule has 0 amide bonds. The molecule has 2 heterocycles. The van der Waals surface area contributed by atoms with Crippen LogP contribution in [0.1, 0.15) is 31.7 Å². The fraction of sp³-hybridized carbons (Fsp3) is 0.500. The Morgan fingerprint density at radius 2 is 2.31 bits per heavy atom. The van der Waals surface area contributed by atoms with Gasteiger partial charge in [-0.3, -0.25) is 0 Å². The van der Waals surface area contributed by atoms with Crippen LogP contribution in [0.15, 0.2) is 18.3 Å². The fourth-order valence-electron chi connectivity index (χ4n) is 1.83. The molecule has 4 nitrogen and oxygen atoms in total. The van der Waals surface area contributed by atoms with Crippen molar-refractivity contribution in [3.63, 3.8) is 0 Å². The fourth-order valence-corrected chi connectivity index (χ4v) is 1.83. The molecular weight excluding hydrogens is 204 g/mol. The smallest absolute Gasteiger partial charge is 0.326 e. The summed E-state index contributed by atoms with van der Waals surface area (Å²) in [5.74, 6) is 0.456. The summed E-state index contributed by atoms with van der Waals surface area (Å²) in [5.41, 5.74) is 1.18. The van der Waals surface area contributed by atoms with E-state index in [1.807, 2.05) is 23.2 Å². The third kappa shape index (κ3) is 1.87. The van der Waals surface area contributed by atoms with Gasteiger partial charge in [-0.25, -0.2) is 9.78 Å². The lowest BCUT2D eigenvalue weighted by molar-refractivity contribution is -0.140. The van der Waals surface area contributed by atoms with Crippen molar-refractivity contribution in [3.8, 4) is 0 Å². The van der Waals surface area contributed by atoms with E-state index in [9.17, 15) is 4.79 Å². The molecule has 2 rings (SSSR count). The van der Waals surface area contributed by atoms with E-state index >= 15 is 0 Å². The average Bonchev–Trinajstić information content (AvgIpc) is 2.15. The van der Waals surface area contributed by atoms with Gasteiger partial charge in [0.25, 0.3) is 0 Å². The van der Waals surface area contributed by atoms with Crippen molar-refractivity contribution in [1.82, 2.24) is 4.98 Å². The number of carbonyl (C=O) groups is 1. The van der Waals surface area contributed by atoms with E-state index in [0.717, 1.165) is 12.4 Å². The van der Waals surface area contributed by atoms with Crippen molar-refractivity contribution < 1.29 is 9.90 Å². The van der Waals surface area contributed by atoms with Crippen LogP contribution in [0.4, 0.5) is 5.82 Å². The summed E-state index contributed by atoms with van der Waals surface area (Å²) in [4.78, 5) is 17.0. The van der Waals surface area contributed by atoms with E-state index in [4.69, 9.17) is 5.11 Å². The summed E-state index contributed by atoms with van der Waals surface area (Å²) in [6.45, 7) is 5.01. The van der Waals surface area contributed by atoms with Crippen LogP contribution in [-0.4, -0.2) is 28.6 Å². The molecule has 0 spiro atoms. The highest BCUT2D eigenvalue weighted by Gasteiger charge is 2.34.